The maximum Gasteiger partial charge on any atom is 0.159 e. The van der Waals surface area contributed by atoms with Gasteiger partial charge in [-0.15, -0.1) is 0 Å². The summed E-state index contributed by atoms with van der Waals surface area (Å²) in [5.74, 6) is -1.41. The van der Waals surface area contributed by atoms with Gasteiger partial charge in [0.25, 0.3) is 0 Å². The van der Waals surface area contributed by atoms with E-state index in [1.54, 1.807) is 18.2 Å². The molecule has 0 saturated carbocycles. The van der Waals surface area contributed by atoms with Crippen molar-refractivity contribution in [3.8, 4) is 16.9 Å². The van der Waals surface area contributed by atoms with Gasteiger partial charge in [0.2, 0.25) is 0 Å². The summed E-state index contributed by atoms with van der Waals surface area (Å²) in [6.07, 6.45) is 0.674. The lowest BCUT2D eigenvalue weighted by molar-refractivity contribution is 0.112. The van der Waals surface area contributed by atoms with Gasteiger partial charge in [-0.3, -0.25) is 4.79 Å². The number of hydrogen-bond acceptors (Lipinski definition) is 2. The highest BCUT2D eigenvalue weighted by Gasteiger charge is 2.08. The average molecular weight is 248 g/mol. The van der Waals surface area contributed by atoms with Crippen LogP contribution in [0.2, 0.25) is 0 Å². The van der Waals surface area contributed by atoms with E-state index in [-0.39, 0.29) is 0 Å². The number of carbonyl (C=O) groups is 1. The lowest BCUT2D eigenvalue weighted by atomic mass is 10.0. The number of benzene rings is 2. The quantitative estimate of drug-likeness (QED) is 0.777. The van der Waals surface area contributed by atoms with Crippen molar-refractivity contribution in [2.24, 2.45) is 0 Å². The van der Waals surface area contributed by atoms with Crippen LogP contribution in [-0.4, -0.2) is 13.4 Å². The van der Waals surface area contributed by atoms with Crippen LogP contribution >= 0.6 is 0 Å². The zero-order valence-electron chi connectivity index (χ0n) is 9.61. The van der Waals surface area contributed by atoms with Crippen molar-refractivity contribution in [3.63, 3.8) is 0 Å². The minimum Gasteiger partial charge on any atom is -0.496 e. The molecular formula is C14H10F2O2. The fourth-order valence-electron chi connectivity index (χ4n) is 1.66. The smallest absolute Gasteiger partial charge is 0.159 e. The third kappa shape index (κ3) is 2.22. The Hall–Kier alpha value is -2.23. The van der Waals surface area contributed by atoms with E-state index in [1.807, 2.05) is 0 Å². The summed E-state index contributed by atoms with van der Waals surface area (Å²) >= 11 is 0. The van der Waals surface area contributed by atoms with Crippen molar-refractivity contribution < 1.29 is 18.3 Å². The molecule has 0 N–H and O–H groups in total. The maximum atomic E-state index is 13.1. The minimum absolute atomic E-state index is 0.396. The van der Waals surface area contributed by atoms with Gasteiger partial charge in [0.05, 0.1) is 12.7 Å². The van der Waals surface area contributed by atoms with E-state index in [9.17, 15) is 13.6 Å². The van der Waals surface area contributed by atoms with Crippen LogP contribution in [0.5, 0.6) is 5.75 Å². The molecule has 0 aromatic heterocycles. The van der Waals surface area contributed by atoms with Crippen molar-refractivity contribution >= 4 is 6.29 Å². The molecule has 0 unspecified atom stereocenters. The van der Waals surface area contributed by atoms with Crippen LogP contribution in [0, 0.1) is 11.6 Å². The van der Waals surface area contributed by atoms with Crippen molar-refractivity contribution in [3.05, 3.63) is 53.6 Å². The molecule has 92 valence electrons. The third-order valence-electron chi connectivity index (χ3n) is 2.61. The molecule has 0 radical (unpaired) electrons. The van der Waals surface area contributed by atoms with E-state index in [1.165, 1.54) is 13.2 Å². The molecule has 0 amide bonds. The Morgan fingerprint density at radius 1 is 1.00 bits per heavy atom. The summed E-state index contributed by atoms with van der Waals surface area (Å²) in [5, 5.41) is 0. The lowest BCUT2D eigenvalue weighted by Gasteiger charge is -2.07. The first kappa shape index (κ1) is 12.2. The molecule has 4 heteroatoms. The third-order valence-corrected chi connectivity index (χ3v) is 2.61. The lowest BCUT2D eigenvalue weighted by Crippen LogP contribution is -1.92. The van der Waals surface area contributed by atoms with E-state index < -0.39 is 11.6 Å². The Labute approximate surface area is 103 Å². The normalized spacial score (nSPS) is 10.2. The SMILES string of the molecule is COc1cc(-c2ccc(F)c(F)c2)ccc1C=O. The molecule has 2 aromatic carbocycles. The van der Waals surface area contributed by atoms with Crippen LogP contribution in [0.4, 0.5) is 8.78 Å². The number of hydrogen-bond donors (Lipinski definition) is 0. The van der Waals surface area contributed by atoms with Gasteiger partial charge in [-0.25, -0.2) is 8.78 Å². The van der Waals surface area contributed by atoms with E-state index in [0.29, 0.717) is 28.7 Å². The molecule has 0 atom stereocenters. The maximum absolute atomic E-state index is 13.1. The van der Waals surface area contributed by atoms with Gasteiger partial charge in [0, 0.05) is 0 Å². The number of methoxy groups -OCH3 is 1. The summed E-state index contributed by atoms with van der Waals surface area (Å²) in [5.41, 5.74) is 1.57. The summed E-state index contributed by atoms with van der Waals surface area (Å²) < 4.78 is 31.0. The molecule has 2 nitrogen and oxygen atoms in total. The molecule has 0 bridgehead atoms. The Balaban J connectivity index is 2.50. The molecule has 0 aliphatic rings. The average Bonchev–Trinajstić information content (AvgIpc) is 2.41. The molecule has 2 rings (SSSR count). The fraction of sp³-hybridized carbons (Fsp3) is 0.0714. The number of aldehydes is 1. The minimum atomic E-state index is -0.911. The van der Waals surface area contributed by atoms with Gasteiger partial charge < -0.3 is 4.74 Å². The first-order valence-corrected chi connectivity index (χ1v) is 5.24. The zero-order valence-corrected chi connectivity index (χ0v) is 9.61. The molecule has 2 aromatic rings. The molecular weight excluding hydrogens is 238 g/mol. The molecule has 0 aliphatic heterocycles. The van der Waals surface area contributed by atoms with Gasteiger partial charge >= 0.3 is 0 Å². The van der Waals surface area contributed by atoms with Crippen LogP contribution in [0.25, 0.3) is 11.1 Å². The fourth-order valence-corrected chi connectivity index (χ4v) is 1.66. The zero-order chi connectivity index (χ0) is 13.1. The molecule has 0 saturated heterocycles. The second-order valence-electron chi connectivity index (χ2n) is 3.70. The standard InChI is InChI=1S/C14H10F2O2/c1-18-14-7-10(2-3-11(14)8-17)9-4-5-12(15)13(16)6-9/h2-8H,1H3. The van der Waals surface area contributed by atoms with Gasteiger partial charge in [0.1, 0.15) is 5.75 Å². The second kappa shape index (κ2) is 4.96. The number of halogens is 2. The van der Waals surface area contributed by atoms with Gasteiger partial charge in [-0.2, -0.15) is 0 Å². The van der Waals surface area contributed by atoms with Gasteiger partial charge in [0.15, 0.2) is 17.9 Å². The summed E-state index contributed by atoms with van der Waals surface area (Å²) in [4.78, 5) is 10.7. The number of carbonyl (C=O) groups excluding carboxylic acids is 1. The monoisotopic (exact) mass is 248 g/mol. The predicted octanol–water partition coefficient (Wildman–Crippen LogP) is 3.45. The Morgan fingerprint density at radius 3 is 2.28 bits per heavy atom. The number of ether oxygens (including phenoxy) is 1. The number of rotatable bonds is 3. The van der Waals surface area contributed by atoms with Crippen molar-refractivity contribution in [2.75, 3.05) is 7.11 Å². The summed E-state index contributed by atoms with van der Waals surface area (Å²) in [6.45, 7) is 0. The Bertz CT molecular complexity index is 594. The van der Waals surface area contributed by atoms with E-state index >= 15 is 0 Å². The highest BCUT2D eigenvalue weighted by Crippen LogP contribution is 2.27. The van der Waals surface area contributed by atoms with E-state index in [0.717, 1.165) is 12.1 Å². The van der Waals surface area contributed by atoms with Crippen molar-refractivity contribution in [2.45, 2.75) is 0 Å². The molecule has 0 aliphatic carbocycles. The Morgan fingerprint density at radius 2 is 1.67 bits per heavy atom. The van der Waals surface area contributed by atoms with Gasteiger partial charge in [-0.1, -0.05) is 12.1 Å². The summed E-state index contributed by atoms with van der Waals surface area (Å²) in [6, 6.07) is 8.46. The first-order valence-electron chi connectivity index (χ1n) is 5.24. The predicted molar refractivity (Wildman–Crippen MR) is 63.7 cm³/mol. The van der Waals surface area contributed by atoms with Crippen LogP contribution < -0.4 is 4.74 Å². The highest BCUT2D eigenvalue weighted by atomic mass is 19.2. The van der Waals surface area contributed by atoms with Crippen LogP contribution in [0.1, 0.15) is 10.4 Å². The van der Waals surface area contributed by atoms with Crippen LogP contribution in [0.3, 0.4) is 0 Å². The molecule has 0 spiro atoms. The van der Waals surface area contributed by atoms with Crippen LogP contribution in [-0.2, 0) is 0 Å². The highest BCUT2D eigenvalue weighted by molar-refractivity contribution is 5.81. The topological polar surface area (TPSA) is 26.3 Å². The van der Waals surface area contributed by atoms with Crippen molar-refractivity contribution in [1.82, 2.24) is 0 Å². The molecule has 0 fully saturated rings. The first-order chi connectivity index (χ1) is 8.65. The van der Waals surface area contributed by atoms with Crippen molar-refractivity contribution in [1.29, 1.82) is 0 Å². The van der Waals surface area contributed by atoms with E-state index in [2.05, 4.69) is 0 Å². The van der Waals surface area contributed by atoms with Gasteiger partial charge in [-0.05, 0) is 35.4 Å². The molecule has 0 heterocycles. The molecule has 18 heavy (non-hydrogen) atoms. The summed E-state index contributed by atoms with van der Waals surface area (Å²) in [7, 11) is 1.44. The van der Waals surface area contributed by atoms with Crippen LogP contribution in [0.15, 0.2) is 36.4 Å². The second-order valence-corrected chi connectivity index (χ2v) is 3.70. The van der Waals surface area contributed by atoms with E-state index in [4.69, 9.17) is 4.74 Å². The Kier molecular flexibility index (Phi) is 3.37. The largest absolute Gasteiger partial charge is 0.496 e.